The molecule has 4 nitrogen and oxygen atoms in total. The summed E-state index contributed by atoms with van der Waals surface area (Å²) in [6.07, 6.45) is 2.82. The van der Waals surface area contributed by atoms with Crippen LogP contribution in [0.3, 0.4) is 0 Å². The Hall–Kier alpha value is -0.610. The van der Waals surface area contributed by atoms with Crippen molar-refractivity contribution in [3.63, 3.8) is 0 Å². The monoisotopic (exact) mass is 298 g/mol. The Morgan fingerprint density at radius 3 is 2.05 bits per heavy atom. The van der Waals surface area contributed by atoms with E-state index in [9.17, 15) is 4.79 Å². The number of hydrogen-bond acceptors (Lipinski definition) is 4. The fourth-order valence-electron chi connectivity index (χ4n) is 4.25. The van der Waals surface area contributed by atoms with Gasteiger partial charge in [0.2, 0.25) is 0 Å². The van der Waals surface area contributed by atoms with Crippen LogP contribution in [0, 0.1) is 10.8 Å². The predicted molar refractivity (Wildman–Crippen MR) is 87.3 cm³/mol. The lowest BCUT2D eigenvalue weighted by Gasteiger charge is -2.51. The molecule has 0 aromatic carbocycles. The van der Waals surface area contributed by atoms with Gasteiger partial charge in [-0.25, -0.2) is 0 Å². The van der Waals surface area contributed by atoms with Crippen molar-refractivity contribution in [3.05, 3.63) is 0 Å². The molecule has 0 heterocycles. The summed E-state index contributed by atoms with van der Waals surface area (Å²) < 4.78 is 5.41. The van der Waals surface area contributed by atoms with E-state index < -0.39 is 5.54 Å². The highest BCUT2D eigenvalue weighted by Gasteiger charge is 2.52. The van der Waals surface area contributed by atoms with Crippen LogP contribution in [0.2, 0.25) is 0 Å². The summed E-state index contributed by atoms with van der Waals surface area (Å²) in [5.74, 6) is -0.0791. The third-order valence-corrected chi connectivity index (χ3v) is 4.21. The summed E-state index contributed by atoms with van der Waals surface area (Å²) in [6, 6.07) is 0. The fourth-order valence-corrected chi connectivity index (χ4v) is 4.25. The van der Waals surface area contributed by atoms with E-state index in [-0.39, 0.29) is 16.8 Å². The standard InChI is InChI=1S/C17H34N2O2/c1-8-21-14(20)17(18-9-10-19(6)7)12-15(2,3)11-16(4,5)13-17/h18H,8-13H2,1-7H3. The second-order valence-electron chi connectivity index (χ2n) is 8.39. The first-order valence-electron chi connectivity index (χ1n) is 8.09. The number of nitrogens with one attached hydrogen (secondary N) is 1. The highest BCUT2D eigenvalue weighted by Crippen LogP contribution is 2.50. The molecule has 1 aliphatic rings. The number of esters is 1. The average molecular weight is 298 g/mol. The van der Waals surface area contributed by atoms with Gasteiger partial charge in [-0.15, -0.1) is 0 Å². The first-order valence-corrected chi connectivity index (χ1v) is 8.09. The summed E-state index contributed by atoms with van der Waals surface area (Å²) in [6.45, 7) is 13.1. The lowest BCUT2D eigenvalue weighted by Crippen LogP contribution is -2.61. The van der Waals surface area contributed by atoms with Crippen LogP contribution in [0.4, 0.5) is 0 Å². The molecule has 0 spiro atoms. The predicted octanol–water partition coefficient (Wildman–Crippen LogP) is 2.68. The zero-order chi connectivity index (χ0) is 16.3. The molecule has 0 radical (unpaired) electrons. The quantitative estimate of drug-likeness (QED) is 0.766. The van der Waals surface area contributed by atoms with Crippen molar-refractivity contribution >= 4 is 5.97 Å². The van der Waals surface area contributed by atoms with Crippen LogP contribution in [-0.2, 0) is 9.53 Å². The third-order valence-electron chi connectivity index (χ3n) is 4.21. The van der Waals surface area contributed by atoms with E-state index in [1.54, 1.807) is 0 Å². The van der Waals surface area contributed by atoms with E-state index in [0.717, 1.165) is 32.4 Å². The van der Waals surface area contributed by atoms with Crippen molar-refractivity contribution in [2.75, 3.05) is 33.8 Å². The topological polar surface area (TPSA) is 41.6 Å². The minimum absolute atomic E-state index is 0.0791. The number of hydrogen-bond donors (Lipinski definition) is 1. The van der Waals surface area contributed by atoms with Gasteiger partial charge in [-0.3, -0.25) is 4.79 Å². The van der Waals surface area contributed by atoms with Crippen LogP contribution in [0.5, 0.6) is 0 Å². The second-order valence-corrected chi connectivity index (χ2v) is 8.39. The molecule has 1 fully saturated rings. The Labute approximate surface area is 130 Å². The molecule has 0 aliphatic heterocycles. The SMILES string of the molecule is CCOC(=O)C1(NCCN(C)C)CC(C)(C)CC(C)(C)C1. The highest BCUT2D eigenvalue weighted by molar-refractivity contribution is 5.81. The summed E-state index contributed by atoms with van der Waals surface area (Å²) in [4.78, 5) is 14.8. The van der Waals surface area contributed by atoms with Crippen molar-refractivity contribution in [2.45, 2.75) is 59.4 Å². The molecule has 124 valence electrons. The molecule has 1 N–H and O–H groups in total. The first-order chi connectivity index (χ1) is 9.52. The molecular weight excluding hydrogens is 264 g/mol. The van der Waals surface area contributed by atoms with E-state index in [0.29, 0.717) is 6.61 Å². The number of likely N-dealkylation sites (N-methyl/N-ethyl adjacent to an activating group) is 1. The summed E-state index contributed by atoms with van der Waals surface area (Å²) >= 11 is 0. The Morgan fingerprint density at radius 1 is 1.10 bits per heavy atom. The molecule has 0 aromatic rings. The number of rotatable bonds is 6. The van der Waals surface area contributed by atoms with Crippen LogP contribution >= 0.6 is 0 Å². The van der Waals surface area contributed by atoms with Gasteiger partial charge in [-0.05, 0) is 51.1 Å². The number of carbonyl (C=O) groups is 1. The normalized spacial score (nSPS) is 23.0. The molecule has 4 heteroatoms. The zero-order valence-electron chi connectivity index (χ0n) is 15.0. The number of ether oxygens (including phenoxy) is 1. The van der Waals surface area contributed by atoms with Gasteiger partial charge in [0, 0.05) is 13.1 Å². The Morgan fingerprint density at radius 2 is 1.62 bits per heavy atom. The summed E-state index contributed by atoms with van der Waals surface area (Å²) in [5.41, 5.74) is -0.267. The van der Waals surface area contributed by atoms with Gasteiger partial charge in [0.1, 0.15) is 5.54 Å². The average Bonchev–Trinajstić information content (AvgIpc) is 2.24. The molecule has 1 aliphatic carbocycles. The van der Waals surface area contributed by atoms with Gasteiger partial charge >= 0.3 is 5.97 Å². The molecule has 0 saturated heterocycles. The molecule has 0 atom stereocenters. The largest absolute Gasteiger partial charge is 0.465 e. The van der Waals surface area contributed by atoms with Gasteiger partial charge in [-0.2, -0.15) is 0 Å². The number of carbonyl (C=O) groups excluding carboxylic acids is 1. The van der Waals surface area contributed by atoms with E-state index in [4.69, 9.17) is 4.74 Å². The molecule has 21 heavy (non-hydrogen) atoms. The van der Waals surface area contributed by atoms with Crippen molar-refractivity contribution in [1.82, 2.24) is 10.2 Å². The van der Waals surface area contributed by atoms with Gasteiger partial charge in [0.05, 0.1) is 6.61 Å². The van der Waals surface area contributed by atoms with E-state index >= 15 is 0 Å². The molecule has 1 saturated carbocycles. The van der Waals surface area contributed by atoms with Gasteiger partial charge in [0.15, 0.2) is 0 Å². The summed E-state index contributed by atoms with van der Waals surface area (Å²) in [5, 5.41) is 3.55. The summed E-state index contributed by atoms with van der Waals surface area (Å²) in [7, 11) is 4.10. The van der Waals surface area contributed by atoms with Gasteiger partial charge in [-0.1, -0.05) is 27.7 Å². The maximum atomic E-state index is 12.7. The fraction of sp³-hybridized carbons (Fsp3) is 0.941. The molecule has 0 amide bonds. The van der Waals surface area contributed by atoms with Crippen LogP contribution in [-0.4, -0.2) is 50.2 Å². The van der Waals surface area contributed by atoms with Crippen LogP contribution in [0.1, 0.15) is 53.9 Å². The highest BCUT2D eigenvalue weighted by atomic mass is 16.5. The van der Waals surface area contributed by atoms with Crippen molar-refractivity contribution in [1.29, 1.82) is 0 Å². The minimum Gasteiger partial charge on any atom is -0.465 e. The van der Waals surface area contributed by atoms with E-state index in [1.165, 1.54) is 0 Å². The molecule has 0 bridgehead atoms. The maximum absolute atomic E-state index is 12.7. The van der Waals surface area contributed by atoms with Crippen LogP contribution in [0.15, 0.2) is 0 Å². The molecule has 1 rings (SSSR count). The van der Waals surface area contributed by atoms with Crippen LogP contribution < -0.4 is 5.32 Å². The van der Waals surface area contributed by atoms with Crippen LogP contribution in [0.25, 0.3) is 0 Å². The van der Waals surface area contributed by atoms with E-state index in [1.807, 2.05) is 21.0 Å². The van der Waals surface area contributed by atoms with Crippen molar-refractivity contribution in [3.8, 4) is 0 Å². The lowest BCUT2D eigenvalue weighted by molar-refractivity contribution is -0.158. The maximum Gasteiger partial charge on any atom is 0.326 e. The Kier molecular flexibility index (Phi) is 5.84. The number of nitrogens with zero attached hydrogens (tertiary/aromatic N) is 1. The minimum atomic E-state index is -0.544. The van der Waals surface area contributed by atoms with E-state index in [2.05, 4.69) is 37.9 Å². The van der Waals surface area contributed by atoms with Gasteiger partial charge in [0.25, 0.3) is 0 Å². The Balaban J connectivity index is 2.97. The second kappa shape index (κ2) is 6.66. The first kappa shape index (κ1) is 18.4. The van der Waals surface area contributed by atoms with Gasteiger partial charge < -0.3 is 15.0 Å². The zero-order valence-corrected chi connectivity index (χ0v) is 15.0. The Bertz CT molecular complexity index is 346. The third kappa shape index (κ3) is 5.26. The molecule has 0 unspecified atom stereocenters. The smallest absolute Gasteiger partial charge is 0.326 e. The lowest BCUT2D eigenvalue weighted by atomic mass is 9.58. The molecule has 0 aromatic heterocycles. The van der Waals surface area contributed by atoms with Crippen molar-refractivity contribution in [2.24, 2.45) is 10.8 Å². The van der Waals surface area contributed by atoms with Crippen molar-refractivity contribution < 1.29 is 9.53 Å². The molecular formula is C17H34N2O2.